The predicted octanol–water partition coefficient (Wildman–Crippen LogP) is 7.13. The van der Waals surface area contributed by atoms with Crippen LogP contribution in [0.2, 0.25) is 0 Å². The molecule has 0 atom stereocenters. The average molecular weight is 479 g/mol. The van der Waals surface area contributed by atoms with Crippen LogP contribution in [0.15, 0.2) is 119 Å². The molecule has 0 N–H and O–H groups in total. The van der Waals surface area contributed by atoms with Crippen LogP contribution in [0, 0.1) is 0 Å². The summed E-state index contributed by atoms with van der Waals surface area (Å²) < 4.78 is 8.54. The Morgan fingerprint density at radius 2 is 1.19 bits per heavy atom. The summed E-state index contributed by atoms with van der Waals surface area (Å²) in [5.74, 6) is 1.11. The average Bonchev–Trinajstić information content (AvgIpc) is 2.95. The Kier molecular flexibility index (Phi) is 3.90. The lowest BCUT2D eigenvalue weighted by molar-refractivity contribution is 0.482. The van der Waals surface area contributed by atoms with Gasteiger partial charge < -0.3 is 14.0 Å². The van der Waals surface area contributed by atoms with Crippen molar-refractivity contribution >= 4 is 55.2 Å². The van der Waals surface area contributed by atoms with Gasteiger partial charge in [0.15, 0.2) is 16.9 Å². The minimum atomic E-state index is -0.153. The molecule has 0 radical (unpaired) electrons. The van der Waals surface area contributed by atoms with Gasteiger partial charge in [0, 0.05) is 21.8 Å². The van der Waals surface area contributed by atoms with E-state index < -0.39 is 0 Å². The lowest BCUT2D eigenvalue weighted by Gasteiger charge is -2.33. The van der Waals surface area contributed by atoms with E-state index in [1.54, 1.807) is 0 Å². The first kappa shape index (κ1) is 20.1. The number of fused-ring (bicyclic) bond motifs is 7. The first-order chi connectivity index (χ1) is 18.2. The molecule has 3 heterocycles. The quantitative estimate of drug-likeness (QED) is 0.186. The number of anilines is 3. The van der Waals surface area contributed by atoms with Crippen molar-refractivity contribution < 1.29 is 4.74 Å². The van der Waals surface area contributed by atoms with Gasteiger partial charge in [0.2, 0.25) is 5.43 Å². The molecule has 0 bridgehead atoms. The smallest absolute Gasteiger partial charge is 0.201 e. The Hall–Kier alpha value is -5.16. The summed E-state index contributed by atoms with van der Waals surface area (Å²) in [6.45, 7) is 0. The molecule has 5 aromatic carbocycles. The standard InChI is InChI=1S/C32H18N2O3/c35-30-20-12-4-6-14-23(20)34-24-15-7-5-13-21(24)31(36)28-29(34)22(30)18-26-32(28)37-27-17-9-8-16-25(27)33(26)19-10-2-1-3-11-19/h1-18H. The lowest BCUT2D eigenvalue weighted by Crippen LogP contribution is -2.20. The second-order valence-electron chi connectivity index (χ2n) is 9.26. The van der Waals surface area contributed by atoms with Crippen LogP contribution >= 0.6 is 0 Å². The van der Waals surface area contributed by atoms with Gasteiger partial charge in [-0.2, -0.15) is 0 Å². The predicted molar refractivity (Wildman–Crippen MR) is 148 cm³/mol. The second-order valence-corrected chi connectivity index (χ2v) is 9.26. The molecule has 1 aliphatic rings. The number of rotatable bonds is 1. The highest BCUT2D eigenvalue weighted by Crippen LogP contribution is 2.53. The maximum absolute atomic E-state index is 14.2. The van der Waals surface area contributed by atoms with Crippen molar-refractivity contribution in [3.63, 3.8) is 0 Å². The molecule has 0 aliphatic carbocycles. The van der Waals surface area contributed by atoms with Gasteiger partial charge in [0.05, 0.1) is 33.3 Å². The van der Waals surface area contributed by atoms with Crippen LogP contribution < -0.4 is 20.5 Å². The molecule has 5 heteroatoms. The van der Waals surface area contributed by atoms with Crippen molar-refractivity contribution in [2.45, 2.75) is 0 Å². The summed E-state index contributed by atoms with van der Waals surface area (Å²) in [7, 11) is 0. The molecule has 8 rings (SSSR count). The number of pyridine rings is 2. The van der Waals surface area contributed by atoms with Gasteiger partial charge in [-0.3, -0.25) is 9.59 Å². The fourth-order valence-electron chi connectivity index (χ4n) is 5.72. The van der Waals surface area contributed by atoms with E-state index in [1.165, 1.54) is 0 Å². The van der Waals surface area contributed by atoms with E-state index in [4.69, 9.17) is 4.74 Å². The molecule has 2 aromatic heterocycles. The summed E-state index contributed by atoms with van der Waals surface area (Å²) in [5.41, 5.74) is 4.27. The largest absolute Gasteiger partial charge is 0.452 e. The number of ether oxygens (including phenoxy) is 1. The van der Waals surface area contributed by atoms with E-state index in [2.05, 4.69) is 4.90 Å². The van der Waals surface area contributed by atoms with E-state index in [0.29, 0.717) is 44.2 Å². The van der Waals surface area contributed by atoms with Crippen LogP contribution in [0.1, 0.15) is 0 Å². The molecule has 5 nitrogen and oxygen atoms in total. The third-order valence-corrected chi connectivity index (χ3v) is 7.28. The molecule has 0 spiro atoms. The number of benzene rings is 5. The lowest BCUT2D eigenvalue weighted by atomic mass is 9.99. The molecule has 0 fully saturated rings. The first-order valence-corrected chi connectivity index (χ1v) is 12.1. The summed E-state index contributed by atoms with van der Waals surface area (Å²) in [6.07, 6.45) is 0. The van der Waals surface area contributed by atoms with Gasteiger partial charge in [-0.25, -0.2) is 0 Å². The van der Waals surface area contributed by atoms with E-state index >= 15 is 0 Å². The Labute approximate surface area is 210 Å². The number of aromatic nitrogens is 1. The molecule has 0 saturated heterocycles. The minimum Gasteiger partial charge on any atom is -0.452 e. The van der Waals surface area contributed by atoms with Crippen molar-refractivity contribution in [1.82, 2.24) is 4.40 Å². The van der Waals surface area contributed by atoms with Crippen molar-refractivity contribution in [3.05, 3.63) is 130 Å². The molecule has 0 amide bonds. The minimum absolute atomic E-state index is 0.107. The maximum Gasteiger partial charge on any atom is 0.201 e. The van der Waals surface area contributed by atoms with Crippen LogP contribution in [0.25, 0.3) is 38.1 Å². The highest BCUT2D eigenvalue weighted by molar-refractivity contribution is 6.13. The van der Waals surface area contributed by atoms with Crippen molar-refractivity contribution in [2.24, 2.45) is 0 Å². The highest BCUT2D eigenvalue weighted by Gasteiger charge is 2.31. The fraction of sp³-hybridized carbons (Fsp3) is 0. The first-order valence-electron chi connectivity index (χ1n) is 12.1. The van der Waals surface area contributed by atoms with Gasteiger partial charge in [0.1, 0.15) is 0 Å². The third-order valence-electron chi connectivity index (χ3n) is 7.28. The van der Waals surface area contributed by atoms with Crippen LogP contribution in [0.3, 0.4) is 0 Å². The summed E-state index contributed by atoms with van der Waals surface area (Å²) in [5, 5.41) is 2.07. The molecule has 1 aliphatic heterocycles. The van der Waals surface area contributed by atoms with Crippen LogP contribution in [-0.2, 0) is 0 Å². The normalized spacial score (nSPS) is 12.7. The van der Waals surface area contributed by atoms with Crippen molar-refractivity contribution in [2.75, 3.05) is 4.90 Å². The zero-order valence-corrected chi connectivity index (χ0v) is 19.5. The topological polar surface area (TPSA) is 51.0 Å². The molecular weight excluding hydrogens is 460 g/mol. The summed E-state index contributed by atoms with van der Waals surface area (Å²) in [6, 6.07) is 34.7. The fourth-order valence-corrected chi connectivity index (χ4v) is 5.72. The van der Waals surface area contributed by atoms with Gasteiger partial charge in [0.25, 0.3) is 0 Å². The molecule has 0 saturated carbocycles. The van der Waals surface area contributed by atoms with E-state index in [1.807, 2.05) is 114 Å². The molecule has 37 heavy (non-hydrogen) atoms. The summed E-state index contributed by atoms with van der Waals surface area (Å²) in [4.78, 5) is 30.2. The maximum atomic E-state index is 14.2. The van der Waals surface area contributed by atoms with Gasteiger partial charge in [-0.15, -0.1) is 0 Å². The monoisotopic (exact) mass is 478 g/mol. The Balaban J connectivity index is 1.67. The zero-order chi connectivity index (χ0) is 24.7. The zero-order valence-electron chi connectivity index (χ0n) is 19.5. The number of nitrogens with zero attached hydrogens (tertiary/aromatic N) is 2. The Bertz CT molecular complexity index is 2150. The van der Waals surface area contributed by atoms with E-state index in [-0.39, 0.29) is 10.9 Å². The number of para-hydroxylation sites is 5. The highest BCUT2D eigenvalue weighted by atomic mass is 16.5. The van der Waals surface area contributed by atoms with Gasteiger partial charge >= 0.3 is 0 Å². The number of hydrogen-bond acceptors (Lipinski definition) is 4. The summed E-state index contributed by atoms with van der Waals surface area (Å²) >= 11 is 0. The molecule has 0 unspecified atom stereocenters. The third kappa shape index (κ3) is 2.57. The SMILES string of the molecule is O=c1c2ccccc2n2c3ccccc3c(=O)c3c4c(cc1c32)N(c1ccccc1)c1ccccc1O4. The van der Waals surface area contributed by atoms with Crippen LogP contribution in [0.4, 0.5) is 17.1 Å². The van der Waals surface area contributed by atoms with Crippen molar-refractivity contribution in [3.8, 4) is 11.5 Å². The second kappa shape index (κ2) is 7.18. The van der Waals surface area contributed by atoms with Gasteiger partial charge in [-0.1, -0.05) is 54.6 Å². The van der Waals surface area contributed by atoms with Crippen LogP contribution in [0.5, 0.6) is 11.5 Å². The Morgan fingerprint density at radius 3 is 1.95 bits per heavy atom. The van der Waals surface area contributed by atoms with Crippen molar-refractivity contribution in [1.29, 1.82) is 0 Å². The van der Waals surface area contributed by atoms with Gasteiger partial charge in [-0.05, 0) is 54.6 Å². The molecule has 174 valence electrons. The number of hydrogen-bond donors (Lipinski definition) is 0. The van der Waals surface area contributed by atoms with Crippen LogP contribution in [-0.4, -0.2) is 4.40 Å². The van der Waals surface area contributed by atoms with E-state index in [9.17, 15) is 9.59 Å². The van der Waals surface area contributed by atoms with E-state index in [0.717, 1.165) is 22.4 Å². The Morgan fingerprint density at radius 1 is 0.568 bits per heavy atom. The molecular formula is C32H18N2O3. The molecule has 7 aromatic rings.